The van der Waals surface area contributed by atoms with Crippen LogP contribution in [-0.4, -0.2) is 46.7 Å². The lowest BCUT2D eigenvalue weighted by Crippen LogP contribution is -2.38. The second kappa shape index (κ2) is 9.17. The Morgan fingerprint density at radius 2 is 1.97 bits per heavy atom. The molecule has 1 atom stereocenters. The number of methoxy groups -OCH3 is 1. The van der Waals surface area contributed by atoms with Gasteiger partial charge in [0.1, 0.15) is 11.9 Å². The zero-order chi connectivity index (χ0) is 22.8. The number of pyridine rings is 1. The Hall–Kier alpha value is -3.49. The maximum Gasteiger partial charge on any atom is 0.227 e. The first-order chi connectivity index (χ1) is 16.1. The molecule has 0 amide bonds. The van der Waals surface area contributed by atoms with E-state index >= 15 is 0 Å². The Labute approximate surface area is 192 Å². The minimum absolute atomic E-state index is 0.0934. The highest BCUT2D eigenvalue weighted by atomic mass is 16.5. The number of nitrogens with one attached hydrogen (secondary N) is 1. The molecule has 0 radical (unpaired) electrons. The quantitative estimate of drug-likeness (QED) is 0.462. The molecule has 1 unspecified atom stereocenters. The van der Waals surface area contributed by atoms with Crippen LogP contribution in [0.2, 0.25) is 0 Å². The van der Waals surface area contributed by atoms with Gasteiger partial charge in [-0.25, -0.2) is 9.97 Å². The van der Waals surface area contributed by atoms with Gasteiger partial charge in [0.15, 0.2) is 11.3 Å². The van der Waals surface area contributed by atoms with Crippen molar-refractivity contribution in [1.82, 2.24) is 19.9 Å². The average Bonchev–Trinajstić information content (AvgIpc) is 3.21. The summed E-state index contributed by atoms with van der Waals surface area (Å²) in [5.74, 6) is 2.24. The third kappa shape index (κ3) is 4.81. The molecule has 5 rings (SSSR count). The molecule has 1 fully saturated rings. The van der Waals surface area contributed by atoms with E-state index in [1.54, 1.807) is 13.3 Å². The molecular formula is C25H27N5O3. The number of hydrogen-bond acceptors (Lipinski definition) is 8. The van der Waals surface area contributed by atoms with Crippen molar-refractivity contribution in [3.8, 4) is 5.75 Å². The molecule has 0 saturated carbocycles. The molecule has 4 aromatic rings. The summed E-state index contributed by atoms with van der Waals surface area (Å²) in [5, 5.41) is 4.27. The van der Waals surface area contributed by atoms with Gasteiger partial charge in [0.25, 0.3) is 0 Å². The number of nitrogens with zero attached hydrogens (tertiary/aromatic N) is 4. The molecular weight excluding hydrogens is 418 g/mol. The normalized spacial score (nSPS) is 16.8. The molecule has 0 bridgehead atoms. The van der Waals surface area contributed by atoms with Crippen molar-refractivity contribution in [2.24, 2.45) is 0 Å². The van der Waals surface area contributed by atoms with Gasteiger partial charge in [-0.05, 0) is 44.2 Å². The van der Waals surface area contributed by atoms with Crippen LogP contribution in [0.4, 0.5) is 11.6 Å². The molecule has 4 heterocycles. The summed E-state index contributed by atoms with van der Waals surface area (Å²) in [6, 6.07) is 13.9. The zero-order valence-electron chi connectivity index (χ0n) is 19.0. The van der Waals surface area contributed by atoms with Crippen LogP contribution in [0.25, 0.3) is 11.0 Å². The van der Waals surface area contributed by atoms with Crippen LogP contribution in [0.15, 0.2) is 53.1 Å². The maximum absolute atomic E-state index is 6.08. The summed E-state index contributed by atoms with van der Waals surface area (Å²) in [6.07, 6.45) is 1.70. The molecule has 3 aromatic heterocycles. The second-order valence-electron chi connectivity index (χ2n) is 8.26. The molecule has 8 heteroatoms. The van der Waals surface area contributed by atoms with Crippen LogP contribution in [0, 0.1) is 13.8 Å². The summed E-state index contributed by atoms with van der Waals surface area (Å²) >= 11 is 0. The summed E-state index contributed by atoms with van der Waals surface area (Å²) in [7, 11) is 1.66. The lowest BCUT2D eigenvalue weighted by Gasteiger charge is -2.32. The molecule has 8 nitrogen and oxygen atoms in total. The topological polar surface area (TPSA) is 85.5 Å². The summed E-state index contributed by atoms with van der Waals surface area (Å²) in [5.41, 5.74) is 4.38. The fraction of sp³-hybridized carbons (Fsp3) is 0.320. The van der Waals surface area contributed by atoms with E-state index in [1.165, 1.54) is 0 Å². The number of hydrogen-bond donors (Lipinski definition) is 1. The Morgan fingerprint density at radius 3 is 2.73 bits per heavy atom. The van der Waals surface area contributed by atoms with Crippen molar-refractivity contribution < 1.29 is 13.9 Å². The highest BCUT2D eigenvalue weighted by Gasteiger charge is 2.24. The second-order valence-corrected chi connectivity index (χ2v) is 8.26. The van der Waals surface area contributed by atoms with Gasteiger partial charge in [0.05, 0.1) is 37.8 Å². The third-order valence-electron chi connectivity index (χ3n) is 5.66. The number of aryl methyl sites for hydroxylation is 2. The number of aromatic nitrogens is 3. The van der Waals surface area contributed by atoms with Crippen molar-refractivity contribution in [3.63, 3.8) is 0 Å². The van der Waals surface area contributed by atoms with Gasteiger partial charge in [0.2, 0.25) is 5.95 Å². The smallest absolute Gasteiger partial charge is 0.227 e. The largest absolute Gasteiger partial charge is 0.493 e. The van der Waals surface area contributed by atoms with Crippen molar-refractivity contribution in [2.45, 2.75) is 26.5 Å². The van der Waals surface area contributed by atoms with Crippen molar-refractivity contribution in [3.05, 3.63) is 71.5 Å². The van der Waals surface area contributed by atoms with E-state index in [4.69, 9.17) is 13.9 Å². The lowest BCUT2D eigenvalue weighted by atomic mass is 10.1. The predicted molar refractivity (Wildman–Crippen MR) is 126 cm³/mol. The van der Waals surface area contributed by atoms with Gasteiger partial charge in [0, 0.05) is 29.9 Å². The van der Waals surface area contributed by atoms with E-state index in [2.05, 4.69) is 31.2 Å². The summed E-state index contributed by atoms with van der Waals surface area (Å²) in [6.45, 7) is 6.85. The van der Waals surface area contributed by atoms with E-state index in [9.17, 15) is 0 Å². The number of fused-ring (bicyclic) bond motifs is 1. The van der Waals surface area contributed by atoms with Crippen molar-refractivity contribution in [1.29, 1.82) is 0 Å². The highest BCUT2D eigenvalue weighted by Crippen LogP contribution is 2.30. The highest BCUT2D eigenvalue weighted by molar-refractivity contribution is 5.83. The van der Waals surface area contributed by atoms with Crippen LogP contribution in [0.3, 0.4) is 0 Å². The monoisotopic (exact) mass is 445 g/mol. The standard InChI is InChI=1S/C25H27N5O3/c1-16-11-17(2)28-25(27-16)29-19-7-8-21(26-13-19)23-15-30(9-10-32-23)14-20-12-18-5-4-6-22(31-3)24(18)33-20/h4-8,11-13,23H,9-10,14-15H2,1-3H3,(H,27,28,29). The maximum atomic E-state index is 6.08. The Morgan fingerprint density at radius 1 is 1.12 bits per heavy atom. The molecule has 1 aromatic carbocycles. The van der Waals surface area contributed by atoms with Crippen molar-refractivity contribution in [2.75, 3.05) is 32.1 Å². The number of para-hydroxylation sites is 1. The van der Waals surface area contributed by atoms with Gasteiger partial charge < -0.3 is 19.2 Å². The van der Waals surface area contributed by atoms with Crippen LogP contribution in [-0.2, 0) is 11.3 Å². The van der Waals surface area contributed by atoms with Gasteiger partial charge in [-0.2, -0.15) is 0 Å². The number of morpholine rings is 1. The number of furan rings is 1. The van der Waals surface area contributed by atoms with Gasteiger partial charge in [-0.3, -0.25) is 9.88 Å². The van der Waals surface area contributed by atoms with Crippen LogP contribution in [0.1, 0.15) is 28.9 Å². The first-order valence-electron chi connectivity index (χ1n) is 11.0. The van der Waals surface area contributed by atoms with Gasteiger partial charge >= 0.3 is 0 Å². The van der Waals surface area contributed by atoms with E-state index in [0.29, 0.717) is 19.1 Å². The number of ether oxygens (including phenoxy) is 2. The molecule has 33 heavy (non-hydrogen) atoms. The molecule has 1 N–H and O–H groups in total. The van der Waals surface area contributed by atoms with E-state index in [0.717, 1.165) is 58.3 Å². The minimum Gasteiger partial charge on any atom is -0.493 e. The summed E-state index contributed by atoms with van der Waals surface area (Å²) in [4.78, 5) is 15.8. The van der Waals surface area contributed by atoms with Gasteiger partial charge in [-0.1, -0.05) is 12.1 Å². The fourth-order valence-electron chi connectivity index (χ4n) is 4.15. The molecule has 170 valence electrons. The average molecular weight is 446 g/mol. The van der Waals surface area contributed by atoms with Crippen LogP contribution < -0.4 is 10.1 Å². The van der Waals surface area contributed by atoms with E-state index in [1.807, 2.05) is 50.2 Å². The van der Waals surface area contributed by atoms with E-state index < -0.39 is 0 Å². The molecule has 1 aliphatic rings. The first-order valence-corrected chi connectivity index (χ1v) is 11.0. The lowest BCUT2D eigenvalue weighted by molar-refractivity contribution is -0.0366. The Kier molecular flexibility index (Phi) is 5.93. The van der Waals surface area contributed by atoms with Crippen LogP contribution >= 0.6 is 0 Å². The minimum atomic E-state index is -0.0934. The molecule has 0 aliphatic carbocycles. The molecule has 1 saturated heterocycles. The molecule has 1 aliphatic heterocycles. The van der Waals surface area contributed by atoms with Gasteiger partial charge in [-0.15, -0.1) is 0 Å². The SMILES string of the molecule is COc1cccc2cc(CN3CCOC(c4ccc(Nc5nc(C)cc(C)n5)cn4)C3)oc12. The predicted octanol–water partition coefficient (Wildman–Crippen LogP) is 4.56. The van der Waals surface area contributed by atoms with E-state index in [-0.39, 0.29) is 6.10 Å². The van der Waals surface area contributed by atoms with Crippen molar-refractivity contribution >= 4 is 22.6 Å². The Bertz CT molecular complexity index is 1230. The third-order valence-corrected chi connectivity index (χ3v) is 5.66. The number of anilines is 2. The van der Waals surface area contributed by atoms with Crippen LogP contribution in [0.5, 0.6) is 5.75 Å². The number of rotatable bonds is 6. The zero-order valence-corrected chi connectivity index (χ0v) is 19.0. The fourth-order valence-corrected chi connectivity index (χ4v) is 4.15. The number of benzene rings is 1. The first kappa shape index (κ1) is 21.4. The molecule has 0 spiro atoms. The Balaban J connectivity index is 1.25. The summed E-state index contributed by atoms with van der Waals surface area (Å²) < 4.78 is 17.5.